The Balaban J connectivity index is 1.70. The Morgan fingerprint density at radius 2 is 1.82 bits per heavy atom. The first kappa shape index (κ1) is 11.2. The zero-order valence-corrected chi connectivity index (χ0v) is 9.49. The van der Waals surface area contributed by atoms with Gasteiger partial charge in [0, 0.05) is 12.0 Å². The standard InChI is InChI=1S/C13H16O4/c14-10-6-11-12(15-7-10)8-16-13(17-11)9-4-2-1-3-5-9/h1-5,10-14H,6-8H2/t10-,11+,12-,13+/m1/s1. The van der Waals surface area contributed by atoms with Crippen LogP contribution in [0.1, 0.15) is 18.3 Å². The van der Waals surface area contributed by atoms with Crippen LogP contribution < -0.4 is 0 Å². The summed E-state index contributed by atoms with van der Waals surface area (Å²) in [5.74, 6) is 0. The molecule has 4 atom stereocenters. The molecule has 92 valence electrons. The van der Waals surface area contributed by atoms with Gasteiger partial charge in [0.1, 0.15) is 6.10 Å². The molecule has 4 heteroatoms. The fraction of sp³-hybridized carbons (Fsp3) is 0.538. The van der Waals surface area contributed by atoms with E-state index in [1.165, 1.54) is 0 Å². The summed E-state index contributed by atoms with van der Waals surface area (Å²) in [6.07, 6.45) is -0.259. The largest absolute Gasteiger partial charge is 0.391 e. The van der Waals surface area contributed by atoms with Crippen LogP contribution in [0.3, 0.4) is 0 Å². The van der Waals surface area contributed by atoms with Gasteiger partial charge in [0.25, 0.3) is 0 Å². The van der Waals surface area contributed by atoms with E-state index in [2.05, 4.69) is 0 Å². The molecular formula is C13H16O4. The van der Waals surface area contributed by atoms with Crippen LogP contribution in [0.15, 0.2) is 30.3 Å². The number of hydrogen-bond acceptors (Lipinski definition) is 4. The maximum absolute atomic E-state index is 9.56. The van der Waals surface area contributed by atoms with Crippen LogP contribution in [-0.2, 0) is 14.2 Å². The molecule has 2 saturated heterocycles. The Bertz CT molecular complexity index is 367. The number of hydrogen-bond donors (Lipinski definition) is 1. The molecule has 17 heavy (non-hydrogen) atoms. The molecule has 0 unspecified atom stereocenters. The van der Waals surface area contributed by atoms with Crippen LogP contribution in [0.5, 0.6) is 0 Å². The molecule has 1 N–H and O–H groups in total. The van der Waals surface area contributed by atoms with E-state index in [9.17, 15) is 5.11 Å². The van der Waals surface area contributed by atoms with Crippen molar-refractivity contribution in [3.8, 4) is 0 Å². The first-order valence-corrected chi connectivity index (χ1v) is 5.94. The first-order chi connectivity index (χ1) is 8.33. The number of aliphatic hydroxyl groups is 1. The summed E-state index contributed by atoms with van der Waals surface area (Å²) >= 11 is 0. The molecule has 3 rings (SSSR count). The van der Waals surface area contributed by atoms with Gasteiger partial charge in [0.05, 0.1) is 25.4 Å². The van der Waals surface area contributed by atoms with Gasteiger partial charge in [0.15, 0.2) is 6.29 Å². The number of benzene rings is 1. The van der Waals surface area contributed by atoms with Crippen LogP contribution in [-0.4, -0.2) is 36.6 Å². The molecule has 0 bridgehead atoms. The Hall–Kier alpha value is -0.940. The molecule has 0 aromatic heterocycles. The summed E-state index contributed by atoms with van der Waals surface area (Å²) in [6, 6.07) is 9.83. The van der Waals surface area contributed by atoms with Crippen molar-refractivity contribution in [1.29, 1.82) is 0 Å². The van der Waals surface area contributed by atoms with Crippen molar-refractivity contribution in [1.82, 2.24) is 0 Å². The highest BCUT2D eigenvalue weighted by atomic mass is 16.7. The smallest absolute Gasteiger partial charge is 0.184 e. The maximum atomic E-state index is 9.56. The summed E-state index contributed by atoms with van der Waals surface area (Å²) in [5.41, 5.74) is 1.01. The average Bonchev–Trinajstić information content (AvgIpc) is 2.39. The Morgan fingerprint density at radius 1 is 1.00 bits per heavy atom. The zero-order chi connectivity index (χ0) is 11.7. The van der Waals surface area contributed by atoms with Crippen LogP contribution in [0.25, 0.3) is 0 Å². The monoisotopic (exact) mass is 236 g/mol. The molecule has 1 aromatic rings. The highest BCUT2D eigenvalue weighted by Crippen LogP contribution is 2.31. The summed E-state index contributed by atoms with van der Waals surface area (Å²) in [4.78, 5) is 0. The van der Waals surface area contributed by atoms with E-state index in [-0.39, 0.29) is 18.5 Å². The van der Waals surface area contributed by atoms with Crippen molar-refractivity contribution in [2.45, 2.75) is 31.0 Å². The fourth-order valence-corrected chi connectivity index (χ4v) is 2.29. The topological polar surface area (TPSA) is 47.9 Å². The van der Waals surface area contributed by atoms with E-state index >= 15 is 0 Å². The third kappa shape index (κ3) is 2.35. The van der Waals surface area contributed by atoms with Gasteiger partial charge >= 0.3 is 0 Å². The van der Waals surface area contributed by atoms with Crippen molar-refractivity contribution >= 4 is 0 Å². The molecule has 2 fully saturated rings. The van der Waals surface area contributed by atoms with E-state index in [1.54, 1.807) is 0 Å². The second kappa shape index (κ2) is 4.74. The zero-order valence-electron chi connectivity index (χ0n) is 9.49. The van der Waals surface area contributed by atoms with E-state index in [1.807, 2.05) is 30.3 Å². The van der Waals surface area contributed by atoms with Crippen LogP contribution in [0.2, 0.25) is 0 Å². The molecule has 4 nitrogen and oxygen atoms in total. The lowest BCUT2D eigenvalue weighted by atomic mass is 10.0. The molecule has 0 aliphatic carbocycles. The molecule has 2 aliphatic rings. The van der Waals surface area contributed by atoms with E-state index in [0.717, 1.165) is 5.56 Å². The number of rotatable bonds is 1. The predicted molar refractivity (Wildman–Crippen MR) is 60.4 cm³/mol. The summed E-state index contributed by atoms with van der Waals surface area (Å²) in [7, 11) is 0. The minimum absolute atomic E-state index is 0.0432. The van der Waals surface area contributed by atoms with Gasteiger partial charge in [-0.05, 0) is 0 Å². The van der Waals surface area contributed by atoms with Gasteiger partial charge in [0.2, 0.25) is 0 Å². The summed E-state index contributed by atoms with van der Waals surface area (Å²) < 4.78 is 17.0. The molecule has 0 saturated carbocycles. The normalized spacial score (nSPS) is 37.5. The third-order valence-corrected chi connectivity index (χ3v) is 3.20. The first-order valence-electron chi connectivity index (χ1n) is 5.94. The minimum atomic E-state index is -0.425. The highest BCUT2D eigenvalue weighted by Gasteiger charge is 2.37. The van der Waals surface area contributed by atoms with Gasteiger partial charge in [-0.2, -0.15) is 0 Å². The molecule has 0 radical (unpaired) electrons. The lowest BCUT2D eigenvalue weighted by Crippen LogP contribution is -2.49. The summed E-state index contributed by atoms with van der Waals surface area (Å²) in [6.45, 7) is 0.904. The second-order valence-corrected chi connectivity index (χ2v) is 4.51. The highest BCUT2D eigenvalue weighted by molar-refractivity contribution is 5.16. The van der Waals surface area contributed by atoms with Crippen molar-refractivity contribution in [3.63, 3.8) is 0 Å². The van der Waals surface area contributed by atoms with Gasteiger partial charge in [-0.25, -0.2) is 0 Å². The quantitative estimate of drug-likeness (QED) is 0.797. The Labute approximate surface area is 100 Å². The van der Waals surface area contributed by atoms with Crippen molar-refractivity contribution in [3.05, 3.63) is 35.9 Å². The molecule has 0 spiro atoms. The van der Waals surface area contributed by atoms with Crippen molar-refractivity contribution in [2.75, 3.05) is 13.2 Å². The lowest BCUT2D eigenvalue weighted by molar-refractivity contribution is -0.288. The average molecular weight is 236 g/mol. The predicted octanol–water partition coefficient (Wildman–Crippen LogP) is 1.25. The van der Waals surface area contributed by atoms with Crippen molar-refractivity contribution in [2.24, 2.45) is 0 Å². The number of aliphatic hydroxyl groups excluding tert-OH is 1. The number of ether oxygens (including phenoxy) is 3. The number of fused-ring (bicyclic) bond motifs is 1. The van der Waals surface area contributed by atoms with Crippen LogP contribution >= 0.6 is 0 Å². The van der Waals surface area contributed by atoms with Gasteiger partial charge in [-0.3, -0.25) is 0 Å². The molecule has 1 aromatic carbocycles. The minimum Gasteiger partial charge on any atom is -0.391 e. The molecule has 0 amide bonds. The fourth-order valence-electron chi connectivity index (χ4n) is 2.29. The van der Waals surface area contributed by atoms with Gasteiger partial charge in [-0.1, -0.05) is 30.3 Å². The third-order valence-electron chi connectivity index (χ3n) is 3.20. The second-order valence-electron chi connectivity index (χ2n) is 4.51. The van der Waals surface area contributed by atoms with E-state index < -0.39 is 6.10 Å². The van der Waals surface area contributed by atoms with E-state index in [4.69, 9.17) is 14.2 Å². The SMILES string of the molecule is O[C@H]1CO[C@@H]2CO[C@H](c3ccccc3)O[C@H]2C1. The Kier molecular flexibility index (Phi) is 3.11. The van der Waals surface area contributed by atoms with Crippen LogP contribution in [0.4, 0.5) is 0 Å². The molecule has 2 heterocycles. The van der Waals surface area contributed by atoms with E-state index in [0.29, 0.717) is 19.6 Å². The molecular weight excluding hydrogens is 220 g/mol. The van der Waals surface area contributed by atoms with Crippen LogP contribution in [0, 0.1) is 0 Å². The van der Waals surface area contributed by atoms with Crippen molar-refractivity contribution < 1.29 is 19.3 Å². The Morgan fingerprint density at radius 3 is 2.65 bits per heavy atom. The lowest BCUT2D eigenvalue weighted by Gasteiger charge is -2.40. The maximum Gasteiger partial charge on any atom is 0.184 e. The van der Waals surface area contributed by atoms with Gasteiger partial charge < -0.3 is 19.3 Å². The molecule has 2 aliphatic heterocycles. The summed E-state index contributed by atoms with van der Waals surface area (Å²) in [5, 5.41) is 9.56. The van der Waals surface area contributed by atoms with Gasteiger partial charge in [-0.15, -0.1) is 0 Å².